The van der Waals surface area contributed by atoms with Gasteiger partial charge in [-0.2, -0.15) is 0 Å². The fourth-order valence-electron chi connectivity index (χ4n) is 2.75. The summed E-state index contributed by atoms with van der Waals surface area (Å²) in [5, 5.41) is 0. The van der Waals surface area contributed by atoms with Crippen molar-refractivity contribution >= 4 is 18.3 Å². The number of hydrogen-bond donors (Lipinski definition) is 1. The number of amides is 1. The molecule has 0 aliphatic carbocycles. The number of halogens is 1. The number of nitrogens with zero attached hydrogens (tertiary/aromatic N) is 1. The summed E-state index contributed by atoms with van der Waals surface area (Å²) in [6, 6.07) is 18.2. The van der Waals surface area contributed by atoms with Gasteiger partial charge in [-0.1, -0.05) is 42.5 Å². The molecule has 26 heavy (non-hydrogen) atoms. The molecular weight excluding hydrogens is 348 g/mol. The monoisotopic (exact) mass is 376 g/mol. The molecule has 0 fully saturated rings. The highest BCUT2D eigenvalue weighted by Crippen LogP contribution is 2.14. The van der Waals surface area contributed by atoms with Gasteiger partial charge in [0.25, 0.3) is 0 Å². The van der Waals surface area contributed by atoms with Crippen LogP contribution in [0.15, 0.2) is 54.6 Å². The third-order valence-corrected chi connectivity index (χ3v) is 4.13. The minimum Gasteiger partial charge on any atom is -0.494 e. The highest BCUT2D eigenvalue weighted by molar-refractivity contribution is 5.85. The Morgan fingerprint density at radius 2 is 1.62 bits per heavy atom. The molecule has 0 bridgehead atoms. The number of nitrogens with two attached hydrogens (primary N) is 1. The van der Waals surface area contributed by atoms with Gasteiger partial charge in [-0.3, -0.25) is 4.79 Å². The van der Waals surface area contributed by atoms with Crippen LogP contribution in [-0.4, -0.2) is 37.0 Å². The van der Waals surface area contributed by atoms with Gasteiger partial charge in [0.1, 0.15) is 5.75 Å². The Labute approximate surface area is 162 Å². The predicted octanol–water partition coefficient (Wildman–Crippen LogP) is 3.47. The smallest absolute Gasteiger partial charge is 0.222 e. The van der Waals surface area contributed by atoms with Crippen molar-refractivity contribution in [2.24, 2.45) is 5.73 Å². The second-order valence-corrected chi connectivity index (χ2v) is 5.98. The van der Waals surface area contributed by atoms with Crippen molar-refractivity contribution in [2.75, 3.05) is 26.2 Å². The van der Waals surface area contributed by atoms with Gasteiger partial charge in [-0.05, 0) is 43.0 Å². The number of carbonyl (C=O) groups excluding carboxylic acids is 1. The summed E-state index contributed by atoms with van der Waals surface area (Å²) in [6.45, 7) is 4.43. The summed E-state index contributed by atoms with van der Waals surface area (Å²) >= 11 is 0. The van der Waals surface area contributed by atoms with Crippen LogP contribution in [0.25, 0.3) is 0 Å². The van der Waals surface area contributed by atoms with Crippen LogP contribution in [0, 0.1) is 0 Å². The Balaban J connectivity index is 0.00000338. The maximum atomic E-state index is 12.5. The van der Waals surface area contributed by atoms with Crippen molar-refractivity contribution in [1.29, 1.82) is 0 Å². The van der Waals surface area contributed by atoms with E-state index in [1.54, 1.807) is 0 Å². The zero-order chi connectivity index (χ0) is 17.9. The van der Waals surface area contributed by atoms with Crippen molar-refractivity contribution in [1.82, 2.24) is 4.90 Å². The first-order chi connectivity index (χ1) is 12.2. The third kappa shape index (κ3) is 7.46. The molecule has 2 aromatic rings. The maximum Gasteiger partial charge on any atom is 0.222 e. The topological polar surface area (TPSA) is 55.6 Å². The van der Waals surface area contributed by atoms with E-state index < -0.39 is 0 Å². The van der Waals surface area contributed by atoms with Crippen molar-refractivity contribution in [3.8, 4) is 5.75 Å². The highest BCUT2D eigenvalue weighted by Gasteiger charge is 2.12. The molecule has 1 amide bonds. The van der Waals surface area contributed by atoms with E-state index in [4.69, 9.17) is 10.5 Å². The average molecular weight is 377 g/mol. The number of benzene rings is 2. The van der Waals surface area contributed by atoms with Crippen molar-refractivity contribution < 1.29 is 9.53 Å². The maximum absolute atomic E-state index is 12.5. The quantitative estimate of drug-likeness (QED) is 0.690. The minimum absolute atomic E-state index is 0. The average Bonchev–Trinajstić information content (AvgIpc) is 2.65. The second kappa shape index (κ2) is 12.3. The fraction of sp³-hybridized carbons (Fsp3) is 0.381. The molecule has 4 nitrogen and oxygen atoms in total. The molecule has 2 rings (SSSR count). The van der Waals surface area contributed by atoms with E-state index in [1.807, 2.05) is 54.3 Å². The Morgan fingerprint density at radius 3 is 2.23 bits per heavy atom. The van der Waals surface area contributed by atoms with Gasteiger partial charge in [-0.25, -0.2) is 0 Å². The zero-order valence-electron chi connectivity index (χ0n) is 15.4. The van der Waals surface area contributed by atoms with Crippen LogP contribution in [0.3, 0.4) is 0 Å². The molecule has 0 saturated heterocycles. The molecule has 0 aromatic heterocycles. The van der Waals surface area contributed by atoms with Gasteiger partial charge >= 0.3 is 0 Å². The van der Waals surface area contributed by atoms with Gasteiger partial charge in [-0.15, -0.1) is 12.4 Å². The summed E-state index contributed by atoms with van der Waals surface area (Å²) in [5.74, 6) is 1.03. The fourth-order valence-corrected chi connectivity index (χ4v) is 2.75. The first-order valence-electron chi connectivity index (χ1n) is 8.96. The molecule has 0 heterocycles. The van der Waals surface area contributed by atoms with Crippen LogP contribution in [-0.2, 0) is 17.6 Å². The number of aryl methyl sites for hydroxylation is 1. The lowest BCUT2D eigenvalue weighted by molar-refractivity contribution is -0.131. The molecule has 0 radical (unpaired) electrons. The Hall–Kier alpha value is -2.04. The first-order valence-corrected chi connectivity index (χ1v) is 8.96. The summed E-state index contributed by atoms with van der Waals surface area (Å²) < 4.78 is 5.44. The van der Waals surface area contributed by atoms with E-state index in [1.165, 1.54) is 5.56 Å². The first kappa shape index (κ1) is 22.0. The SMILES string of the molecule is CCOc1ccc(CCC(=O)N(CCN)CCc2ccccc2)cc1.Cl. The molecule has 2 aromatic carbocycles. The number of rotatable bonds is 10. The number of carbonyl (C=O) groups is 1. The van der Waals surface area contributed by atoms with Crippen LogP contribution in [0.5, 0.6) is 5.75 Å². The molecule has 0 atom stereocenters. The van der Waals surface area contributed by atoms with E-state index in [-0.39, 0.29) is 18.3 Å². The van der Waals surface area contributed by atoms with Gasteiger partial charge in [0.15, 0.2) is 0 Å². The van der Waals surface area contributed by atoms with Crippen molar-refractivity contribution in [3.63, 3.8) is 0 Å². The molecule has 5 heteroatoms. The summed E-state index contributed by atoms with van der Waals surface area (Å²) in [5.41, 5.74) is 8.07. The predicted molar refractivity (Wildman–Crippen MR) is 109 cm³/mol. The van der Waals surface area contributed by atoms with Crippen LogP contribution < -0.4 is 10.5 Å². The summed E-state index contributed by atoms with van der Waals surface area (Å²) in [7, 11) is 0. The summed E-state index contributed by atoms with van der Waals surface area (Å²) in [6.07, 6.45) is 2.09. The normalized spacial score (nSPS) is 10.1. The Bertz CT molecular complexity index is 632. The zero-order valence-corrected chi connectivity index (χ0v) is 16.2. The molecule has 142 valence electrons. The minimum atomic E-state index is 0. The molecule has 0 spiro atoms. The molecule has 0 aliphatic heterocycles. The lowest BCUT2D eigenvalue weighted by Gasteiger charge is -2.22. The summed E-state index contributed by atoms with van der Waals surface area (Å²) in [4.78, 5) is 14.4. The molecule has 0 saturated carbocycles. The molecular formula is C21H29ClN2O2. The van der Waals surface area contributed by atoms with Crippen LogP contribution in [0.2, 0.25) is 0 Å². The van der Waals surface area contributed by atoms with E-state index >= 15 is 0 Å². The highest BCUT2D eigenvalue weighted by atomic mass is 35.5. The lowest BCUT2D eigenvalue weighted by atomic mass is 10.1. The van der Waals surface area contributed by atoms with E-state index in [0.29, 0.717) is 32.7 Å². The van der Waals surface area contributed by atoms with Crippen molar-refractivity contribution in [2.45, 2.75) is 26.2 Å². The Kier molecular flexibility index (Phi) is 10.4. The van der Waals surface area contributed by atoms with Crippen molar-refractivity contribution in [3.05, 3.63) is 65.7 Å². The Morgan fingerprint density at radius 1 is 0.962 bits per heavy atom. The lowest BCUT2D eigenvalue weighted by Crippen LogP contribution is -2.37. The molecule has 0 unspecified atom stereocenters. The van der Waals surface area contributed by atoms with E-state index in [2.05, 4.69) is 12.1 Å². The van der Waals surface area contributed by atoms with Gasteiger partial charge in [0.2, 0.25) is 5.91 Å². The number of ether oxygens (including phenoxy) is 1. The molecule has 2 N–H and O–H groups in total. The third-order valence-electron chi connectivity index (χ3n) is 4.13. The second-order valence-electron chi connectivity index (χ2n) is 5.98. The van der Waals surface area contributed by atoms with Gasteiger partial charge in [0, 0.05) is 26.1 Å². The van der Waals surface area contributed by atoms with Crippen LogP contribution in [0.1, 0.15) is 24.5 Å². The number of hydrogen-bond acceptors (Lipinski definition) is 3. The van der Waals surface area contributed by atoms with Gasteiger partial charge < -0.3 is 15.4 Å². The van der Waals surface area contributed by atoms with E-state index in [0.717, 1.165) is 24.2 Å². The largest absolute Gasteiger partial charge is 0.494 e. The molecule has 0 aliphatic rings. The standard InChI is InChI=1S/C21H28N2O2.ClH/c1-2-25-20-11-8-19(9-12-20)10-13-21(24)23(17-15-22)16-14-18-6-4-3-5-7-18;/h3-9,11-12H,2,10,13-17,22H2,1H3;1H. The van der Waals surface area contributed by atoms with E-state index in [9.17, 15) is 4.79 Å². The van der Waals surface area contributed by atoms with Crippen LogP contribution in [0.4, 0.5) is 0 Å². The van der Waals surface area contributed by atoms with Gasteiger partial charge in [0.05, 0.1) is 6.61 Å². The van der Waals surface area contributed by atoms with Crippen LogP contribution >= 0.6 is 12.4 Å².